The summed E-state index contributed by atoms with van der Waals surface area (Å²) in [6.45, 7) is 4.12. The number of nitrogens with one attached hydrogen (secondary N) is 2. The maximum Gasteiger partial charge on any atom is 0.221 e. The minimum absolute atomic E-state index is 0.164. The van der Waals surface area contributed by atoms with Crippen molar-refractivity contribution in [1.29, 1.82) is 0 Å². The van der Waals surface area contributed by atoms with Gasteiger partial charge in [0, 0.05) is 29.9 Å². The summed E-state index contributed by atoms with van der Waals surface area (Å²) in [6, 6.07) is 20.2. The van der Waals surface area contributed by atoms with Crippen LogP contribution in [-0.2, 0) is 16.0 Å². The van der Waals surface area contributed by atoms with Crippen LogP contribution in [-0.4, -0.2) is 58.8 Å². The monoisotopic (exact) mass is 540 g/mol. The lowest BCUT2D eigenvalue weighted by molar-refractivity contribution is -0.220. The van der Waals surface area contributed by atoms with Gasteiger partial charge in [-0.15, -0.1) is 0 Å². The molecule has 0 bridgehead atoms. The number of anilines is 2. The lowest BCUT2D eigenvalue weighted by Crippen LogP contribution is -2.56. The smallest absolute Gasteiger partial charge is 0.221 e. The number of hydrogen-bond donors (Lipinski definition) is 5. The fraction of sp³-hybridized carbons (Fsp3) is 0.345. The normalized spacial score (nSPS) is 23.1. The van der Waals surface area contributed by atoms with Gasteiger partial charge in [-0.3, -0.25) is 4.79 Å². The van der Waals surface area contributed by atoms with Crippen molar-refractivity contribution in [3.63, 3.8) is 0 Å². The number of benzene rings is 3. The molecule has 202 valence electrons. The molecule has 3 aromatic rings. The van der Waals surface area contributed by atoms with Crippen LogP contribution < -0.4 is 15.4 Å². The summed E-state index contributed by atoms with van der Waals surface area (Å²) in [6.07, 6.45) is -5.17. The molecule has 5 N–H and O–H groups in total. The highest BCUT2D eigenvalue weighted by Crippen LogP contribution is 2.35. The molecule has 1 amide bonds. The summed E-state index contributed by atoms with van der Waals surface area (Å²) in [7, 11) is 0. The van der Waals surface area contributed by atoms with E-state index in [1.54, 1.807) is 30.3 Å². The standard InChI is InChI=1S/C29H33ClN2O6/c1-3-37-23-10-7-18(8-11-23)13-20-14-19(9-12-24(20)30)29-28(36)27(35)26(34)25(38-29)16-31-21-5-4-6-22(15-21)32-17(2)33/h4-12,14-15,25-29,31,34-36H,3,13,16H2,1-2H3,(H,32,33)/t25-,26-,27+,28-,29+/m1/s1. The number of rotatable bonds is 9. The molecule has 0 aromatic heterocycles. The second-order valence-electron chi connectivity index (χ2n) is 9.31. The minimum atomic E-state index is -1.41. The van der Waals surface area contributed by atoms with Crippen molar-refractivity contribution in [2.24, 2.45) is 0 Å². The number of carbonyl (C=O) groups excluding carboxylic acids is 1. The van der Waals surface area contributed by atoms with Crippen molar-refractivity contribution in [1.82, 2.24) is 0 Å². The van der Waals surface area contributed by atoms with Crippen LogP contribution in [0.4, 0.5) is 11.4 Å². The molecule has 1 saturated heterocycles. The third-order valence-electron chi connectivity index (χ3n) is 6.43. The van der Waals surface area contributed by atoms with Crippen molar-refractivity contribution in [3.8, 4) is 5.75 Å². The van der Waals surface area contributed by atoms with Crippen LogP contribution in [0, 0.1) is 0 Å². The van der Waals surface area contributed by atoms with E-state index in [1.165, 1.54) is 6.92 Å². The second-order valence-corrected chi connectivity index (χ2v) is 9.72. The van der Waals surface area contributed by atoms with Crippen LogP contribution in [0.3, 0.4) is 0 Å². The first-order chi connectivity index (χ1) is 18.2. The molecule has 8 nitrogen and oxygen atoms in total. The molecular formula is C29H33ClN2O6. The molecule has 1 heterocycles. The zero-order valence-corrected chi connectivity index (χ0v) is 22.1. The number of aliphatic hydroxyl groups is 3. The maximum absolute atomic E-state index is 11.3. The van der Waals surface area contributed by atoms with Gasteiger partial charge in [0.1, 0.15) is 36.3 Å². The van der Waals surface area contributed by atoms with Crippen LogP contribution in [0.1, 0.15) is 36.6 Å². The highest BCUT2D eigenvalue weighted by molar-refractivity contribution is 6.31. The Balaban J connectivity index is 1.48. The first-order valence-electron chi connectivity index (χ1n) is 12.6. The molecule has 0 unspecified atom stereocenters. The van der Waals surface area contributed by atoms with Gasteiger partial charge in [0.05, 0.1) is 6.61 Å². The third-order valence-corrected chi connectivity index (χ3v) is 6.80. The molecule has 0 radical (unpaired) electrons. The van der Waals surface area contributed by atoms with E-state index in [2.05, 4.69) is 10.6 Å². The molecule has 0 saturated carbocycles. The van der Waals surface area contributed by atoms with Crippen molar-refractivity contribution in [2.75, 3.05) is 23.8 Å². The van der Waals surface area contributed by atoms with Crippen molar-refractivity contribution < 1.29 is 29.6 Å². The van der Waals surface area contributed by atoms with Gasteiger partial charge >= 0.3 is 0 Å². The first-order valence-corrected chi connectivity index (χ1v) is 12.9. The Morgan fingerprint density at radius 3 is 2.42 bits per heavy atom. The molecule has 0 aliphatic carbocycles. The predicted molar refractivity (Wildman–Crippen MR) is 147 cm³/mol. The lowest BCUT2D eigenvalue weighted by Gasteiger charge is -2.41. The van der Waals surface area contributed by atoms with Gasteiger partial charge in [-0.1, -0.05) is 41.9 Å². The van der Waals surface area contributed by atoms with Gasteiger partial charge in [-0.05, 0) is 66.4 Å². The number of aliphatic hydroxyl groups excluding tert-OH is 3. The van der Waals surface area contributed by atoms with Crippen LogP contribution in [0.15, 0.2) is 66.7 Å². The first kappa shape index (κ1) is 27.9. The molecular weight excluding hydrogens is 508 g/mol. The van der Waals surface area contributed by atoms with Gasteiger partial charge in [0.15, 0.2) is 0 Å². The Labute approximate surface area is 227 Å². The fourth-order valence-corrected chi connectivity index (χ4v) is 4.71. The van der Waals surface area contributed by atoms with Gasteiger partial charge in [0.2, 0.25) is 5.91 Å². The van der Waals surface area contributed by atoms with Gasteiger partial charge in [-0.25, -0.2) is 0 Å². The molecule has 3 aromatic carbocycles. The second kappa shape index (κ2) is 12.6. The number of ether oxygens (including phenoxy) is 2. The number of hydrogen-bond acceptors (Lipinski definition) is 7. The molecule has 1 fully saturated rings. The van der Waals surface area contributed by atoms with Crippen molar-refractivity contribution in [3.05, 3.63) is 88.4 Å². The Morgan fingerprint density at radius 2 is 1.71 bits per heavy atom. The van der Waals surface area contributed by atoms with Crippen LogP contribution in [0.2, 0.25) is 5.02 Å². The Morgan fingerprint density at radius 1 is 0.974 bits per heavy atom. The summed E-state index contributed by atoms with van der Waals surface area (Å²) < 4.78 is 11.6. The zero-order valence-electron chi connectivity index (χ0n) is 21.3. The van der Waals surface area contributed by atoms with E-state index in [4.69, 9.17) is 21.1 Å². The number of amides is 1. The van der Waals surface area contributed by atoms with Crippen molar-refractivity contribution >= 4 is 28.9 Å². The van der Waals surface area contributed by atoms with E-state index in [1.807, 2.05) is 43.3 Å². The summed E-state index contributed by atoms with van der Waals surface area (Å²) >= 11 is 6.49. The molecule has 38 heavy (non-hydrogen) atoms. The van der Waals surface area contributed by atoms with E-state index in [0.717, 1.165) is 16.9 Å². The fourth-order valence-electron chi connectivity index (χ4n) is 4.52. The zero-order chi connectivity index (χ0) is 27.2. The predicted octanol–water partition coefficient (Wildman–Crippen LogP) is 3.92. The Hall–Kier alpha value is -3.14. The molecule has 0 spiro atoms. The topological polar surface area (TPSA) is 120 Å². The van der Waals surface area contributed by atoms with Crippen LogP contribution in [0.25, 0.3) is 0 Å². The largest absolute Gasteiger partial charge is 0.494 e. The minimum Gasteiger partial charge on any atom is -0.494 e. The molecule has 5 atom stereocenters. The molecule has 1 aliphatic rings. The van der Waals surface area contributed by atoms with Gasteiger partial charge in [0.25, 0.3) is 0 Å². The van der Waals surface area contributed by atoms with E-state index in [0.29, 0.717) is 35.0 Å². The lowest BCUT2D eigenvalue weighted by atomic mass is 9.90. The van der Waals surface area contributed by atoms with E-state index in [9.17, 15) is 20.1 Å². The molecule has 9 heteroatoms. The van der Waals surface area contributed by atoms with Gasteiger partial charge < -0.3 is 35.4 Å². The number of carbonyl (C=O) groups is 1. The highest BCUT2D eigenvalue weighted by Gasteiger charge is 2.44. The van der Waals surface area contributed by atoms with E-state index in [-0.39, 0.29) is 12.5 Å². The summed E-state index contributed by atoms with van der Waals surface area (Å²) in [4.78, 5) is 11.3. The SMILES string of the molecule is CCOc1ccc(Cc2cc([C@@H]3O[C@H](CNc4cccc(NC(C)=O)c4)[C@@H](O)[C@H](O)[C@H]3O)ccc2Cl)cc1. The third kappa shape index (κ3) is 6.83. The molecule has 1 aliphatic heterocycles. The van der Waals surface area contributed by atoms with E-state index >= 15 is 0 Å². The molecule has 4 rings (SSSR count). The van der Waals surface area contributed by atoms with Crippen LogP contribution in [0.5, 0.6) is 5.75 Å². The average Bonchev–Trinajstić information content (AvgIpc) is 2.89. The Kier molecular flexibility index (Phi) is 9.25. The van der Waals surface area contributed by atoms with E-state index < -0.39 is 30.5 Å². The quantitative estimate of drug-likeness (QED) is 0.279. The van der Waals surface area contributed by atoms with Crippen molar-refractivity contribution in [2.45, 2.75) is 50.8 Å². The maximum atomic E-state index is 11.3. The van der Waals surface area contributed by atoms with Gasteiger partial charge in [-0.2, -0.15) is 0 Å². The summed E-state index contributed by atoms with van der Waals surface area (Å²) in [5, 5.41) is 38.5. The Bertz CT molecular complexity index is 1240. The summed E-state index contributed by atoms with van der Waals surface area (Å²) in [5.41, 5.74) is 3.85. The van der Waals surface area contributed by atoms with Crippen LogP contribution >= 0.6 is 11.6 Å². The number of halogens is 1. The average molecular weight is 541 g/mol. The highest BCUT2D eigenvalue weighted by atomic mass is 35.5. The summed E-state index contributed by atoms with van der Waals surface area (Å²) in [5.74, 6) is 0.613.